The van der Waals surface area contributed by atoms with Gasteiger partial charge in [-0.3, -0.25) is 0 Å². The van der Waals surface area contributed by atoms with Crippen LogP contribution in [0, 0.1) is 0 Å². The molecule has 1 aromatic heterocycles. The van der Waals surface area contributed by atoms with E-state index in [2.05, 4.69) is 4.98 Å². The largest absolute Gasteiger partial charge is 0.504 e. The molecular formula is C19H15NO6. The van der Waals surface area contributed by atoms with E-state index in [9.17, 15) is 15.0 Å². The maximum absolute atomic E-state index is 12.3. The molecule has 0 fully saturated rings. The predicted octanol–water partition coefficient (Wildman–Crippen LogP) is 3.00. The Morgan fingerprint density at radius 2 is 1.73 bits per heavy atom. The van der Waals surface area contributed by atoms with Crippen molar-refractivity contribution in [2.75, 3.05) is 14.2 Å². The zero-order valence-electron chi connectivity index (χ0n) is 14.1. The van der Waals surface area contributed by atoms with E-state index in [0.29, 0.717) is 39.0 Å². The van der Waals surface area contributed by atoms with Gasteiger partial charge < -0.3 is 24.4 Å². The topological polar surface area (TPSA) is 98.1 Å². The molecule has 0 aliphatic carbocycles. The van der Waals surface area contributed by atoms with E-state index in [1.807, 2.05) is 0 Å². The monoisotopic (exact) mass is 353 g/mol. The van der Waals surface area contributed by atoms with Gasteiger partial charge in [-0.15, -0.1) is 0 Å². The third kappa shape index (κ3) is 2.28. The van der Waals surface area contributed by atoms with Crippen LogP contribution in [0.15, 0.2) is 30.3 Å². The number of ether oxygens (including phenoxy) is 3. The third-order valence-corrected chi connectivity index (χ3v) is 4.37. The highest BCUT2D eigenvalue weighted by molar-refractivity contribution is 6.09. The molecule has 0 saturated carbocycles. The first-order chi connectivity index (χ1) is 12.5. The van der Waals surface area contributed by atoms with Crippen molar-refractivity contribution in [1.82, 2.24) is 4.98 Å². The Morgan fingerprint density at radius 3 is 2.42 bits per heavy atom. The Morgan fingerprint density at radius 1 is 1.00 bits per heavy atom. The Bertz CT molecular complexity index is 1060. The fourth-order valence-electron chi connectivity index (χ4n) is 3.17. The summed E-state index contributed by atoms with van der Waals surface area (Å²) in [6, 6.07) is 7.95. The number of cyclic esters (lactones) is 1. The fourth-order valence-corrected chi connectivity index (χ4v) is 3.17. The molecule has 3 aromatic rings. The Kier molecular flexibility index (Phi) is 3.57. The second kappa shape index (κ2) is 5.80. The first-order valence-electron chi connectivity index (χ1n) is 7.81. The van der Waals surface area contributed by atoms with Crippen LogP contribution in [-0.4, -0.2) is 35.4 Å². The average Bonchev–Trinajstić information content (AvgIpc) is 2.99. The number of nitrogens with zero attached hydrogens (tertiary/aromatic N) is 1. The number of benzene rings is 2. The molecule has 26 heavy (non-hydrogen) atoms. The van der Waals surface area contributed by atoms with Crippen LogP contribution in [0.3, 0.4) is 0 Å². The molecule has 2 N–H and O–H groups in total. The first kappa shape index (κ1) is 16.0. The summed E-state index contributed by atoms with van der Waals surface area (Å²) in [6.45, 7) is 0.0615. The molecule has 0 unspecified atom stereocenters. The number of hydrogen-bond acceptors (Lipinski definition) is 7. The van der Waals surface area contributed by atoms with Crippen LogP contribution in [-0.2, 0) is 11.3 Å². The number of aromatic hydroxyl groups is 2. The van der Waals surface area contributed by atoms with E-state index < -0.39 is 5.97 Å². The third-order valence-electron chi connectivity index (χ3n) is 4.37. The molecule has 0 atom stereocenters. The van der Waals surface area contributed by atoms with Crippen molar-refractivity contribution in [3.63, 3.8) is 0 Å². The van der Waals surface area contributed by atoms with Crippen LogP contribution in [0.2, 0.25) is 0 Å². The molecular weight excluding hydrogens is 338 g/mol. The number of carbonyl (C=O) groups is 1. The van der Waals surface area contributed by atoms with Gasteiger partial charge in [-0.2, -0.15) is 0 Å². The molecule has 0 spiro atoms. The summed E-state index contributed by atoms with van der Waals surface area (Å²) in [7, 11) is 2.90. The van der Waals surface area contributed by atoms with Crippen LogP contribution in [0.25, 0.3) is 22.0 Å². The van der Waals surface area contributed by atoms with E-state index in [4.69, 9.17) is 14.2 Å². The van der Waals surface area contributed by atoms with Gasteiger partial charge in [-0.05, 0) is 23.8 Å². The van der Waals surface area contributed by atoms with Crippen LogP contribution in [0.4, 0.5) is 0 Å². The Hall–Kier alpha value is -3.48. The normalized spacial score (nSPS) is 12.8. The molecule has 1 aliphatic heterocycles. The van der Waals surface area contributed by atoms with Gasteiger partial charge in [-0.25, -0.2) is 9.78 Å². The Labute approximate surface area is 148 Å². The number of phenolic OH excluding ortho intramolecular Hbond substituents is 2. The number of methoxy groups -OCH3 is 2. The van der Waals surface area contributed by atoms with E-state index in [1.54, 1.807) is 18.2 Å². The minimum Gasteiger partial charge on any atom is -0.504 e. The summed E-state index contributed by atoms with van der Waals surface area (Å²) in [6.07, 6.45) is 0. The molecule has 2 heterocycles. The van der Waals surface area contributed by atoms with Crippen molar-refractivity contribution in [2.24, 2.45) is 0 Å². The summed E-state index contributed by atoms with van der Waals surface area (Å²) in [5.74, 6) is -0.0139. The number of rotatable bonds is 3. The smallest absolute Gasteiger partial charge is 0.341 e. The van der Waals surface area contributed by atoms with Crippen molar-refractivity contribution in [2.45, 2.75) is 6.61 Å². The van der Waals surface area contributed by atoms with E-state index in [1.165, 1.54) is 26.4 Å². The van der Waals surface area contributed by atoms with Gasteiger partial charge in [0.15, 0.2) is 23.0 Å². The molecule has 7 nitrogen and oxygen atoms in total. The van der Waals surface area contributed by atoms with Gasteiger partial charge in [0, 0.05) is 17.0 Å². The number of fused-ring (bicyclic) bond motifs is 2. The molecule has 0 radical (unpaired) electrons. The number of aromatic nitrogens is 1. The molecule has 0 amide bonds. The number of hydrogen-bond donors (Lipinski definition) is 2. The van der Waals surface area contributed by atoms with Gasteiger partial charge in [-0.1, -0.05) is 6.07 Å². The van der Waals surface area contributed by atoms with Crippen LogP contribution >= 0.6 is 0 Å². The molecule has 4 rings (SSSR count). The van der Waals surface area contributed by atoms with Gasteiger partial charge in [0.1, 0.15) is 6.61 Å². The van der Waals surface area contributed by atoms with Crippen molar-refractivity contribution < 1.29 is 29.2 Å². The van der Waals surface area contributed by atoms with E-state index >= 15 is 0 Å². The summed E-state index contributed by atoms with van der Waals surface area (Å²) < 4.78 is 15.4. The summed E-state index contributed by atoms with van der Waals surface area (Å²) in [5, 5.41) is 20.8. The lowest BCUT2D eigenvalue weighted by molar-refractivity contribution is 0.0534. The number of carbonyl (C=O) groups excluding carboxylic acids is 1. The van der Waals surface area contributed by atoms with Crippen LogP contribution in [0.1, 0.15) is 16.1 Å². The lowest BCUT2D eigenvalue weighted by atomic mass is 9.94. The van der Waals surface area contributed by atoms with Crippen molar-refractivity contribution in [3.8, 4) is 34.1 Å². The van der Waals surface area contributed by atoms with E-state index in [0.717, 1.165) is 0 Å². The summed E-state index contributed by atoms with van der Waals surface area (Å²) in [4.78, 5) is 16.7. The lowest BCUT2D eigenvalue weighted by Gasteiger charge is -2.13. The molecule has 0 bridgehead atoms. The van der Waals surface area contributed by atoms with Crippen molar-refractivity contribution >= 4 is 16.9 Å². The standard InChI is InChI=1S/C19H15NO6/c1-24-15-4-3-9(5-13(15)21)17-10-6-16(25-2)14(22)7-11(10)20-12-8-26-19(23)18(12)17/h3-7,21-22H,8H2,1-2H3. The van der Waals surface area contributed by atoms with Gasteiger partial charge in [0.05, 0.1) is 31.0 Å². The van der Waals surface area contributed by atoms with Crippen molar-refractivity contribution in [3.05, 3.63) is 41.6 Å². The highest BCUT2D eigenvalue weighted by Crippen LogP contribution is 2.42. The predicted molar refractivity (Wildman–Crippen MR) is 92.7 cm³/mol. The maximum atomic E-state index is 12.3. The zero-order valence-corrected chi connectivity index (χ0v) is 14.1. The second-order valence-corrected chi connectivity index (χ2v) is 5.81. The van der Waals surface area contributed by atoms with Gasteiger partial charge in [0.2, 0.25) is 0 Å². The molecule has 0 saturated heterocycles. The number of esters is 1. The zero-order chi connectivity index (χ0) is 18.4. The van der Waals surface area contributed by atoms with Crippen LogP contribution in [0.5, 0.6) is 23.0 Å². The average molecular weight is 353 g/mol. The van der Waals surface area contributed by atoms with Crippen molar-refractivity contribution in [1.29, 1.82) is 0 Å². The van der Waals surface area contributed by atoms with E-state index in [-0.39, 0.29) is 23.9 Å². The number of pyridine rings is 1. The van der Waals surface area contributed by atoms with Gasteiger partial charge >= 0.3 is 5.97 Å². The second-order valence-electron chi connectivity index (χ2n) is 5.81. The summed E-state index contributed by atoms with van der Waals surface area (Å²) in [5.41, 5.74) is 2.47. The Balaban J connectivity index is 2.10. The lowest BCUT2D eigenvalue weighted by Crippen LogP contribution is -2.01. The molecule has 132 valence electrons. The van der Waals surface area contributed by atoms with Gasteiger partial charge in [0.25, 0.3) is 0 Å². The molecule has 1 aliphatic rings. The SMILES string of the molecule is COc1ccc(-c2c3c(nc4cc(O)c(OC)cc24)COC3=O)cc1O. The molecule has 2 aromatic carbocycles. The highest BCUT2D eigenvalue weighted by Gasteiger charge is 2.30. The first-order valence-corrected chi connectivity index (χ1v) is 7.81. The summed E-state index contributed by atoms with van der Waals surface area (Å²) >= 11 is 0. The quantitative estimate of drug-likeness (QED) is 0.699. The minimum absolute atomic E-state index is 0.0544. The minimum atomic E-state index is -0.480. The number of phenols is 2. The molecule has 7 heteroatoms. The van der Waals surface area contributed by atoms with Crippen LogP contribution < -0.4 is 9.47 Å². The maximum Gasteiger partial charge on any atom is 0.341 e. The highest BCUT2D eigenvalue weighted by atomic mass is 16.5. The fraction of sp³-hybridized carbons (Fsp3) is 0.158.